The van der Waals surface area contributed by atoms with E-state index in [0.29, 0.717) is 13.1 Å². The highest BCUT2D eigenvalue weighted by molar-refractivity contribution is 7.90. The number of nitrogens with zero attached hydrogens (tertiary/aromatic N) is 1. The quantitative estimate of drug-likeness (QED) is 0.913. The summed E-state index contributed by atoms with van der Waals surface area (Å²) in [5, 5.41) is 2.61. The number of carbonyl (C=O) groups is 1. The summed E-state index contributed by atoms with van der Waals surface area (Å²) >= 11 is 0. The van der Waals surface area contributed by atoms with Crippen molar-refractivity contribution in [2.24, 2.45) is 0 Å². The molecule has 2 rings (SSSR count). The zero-order valence-corrected chi connectivity index (χ0v) is 12.7. The summed E-state index contributed by atoms with van der Waals surface area (Å²) in [4.78, 5) is 13.6. The summed E-state index contributed by atoms with van der Waals surface area (Å²) in [5.41, 5.74) is 1.02. The highest BCUT2D eigenvalue weighted by Gasteiger charge is 2.27. The molecule has 116 valence electrons. The van der Waals surface area contributed by atoms with Crippen molar-refractivity contribution in [1.82, 2.24) is 10.2 Å². The SMILES string of the molecule is CS(=O)(=O)CCNC(=O)N1CC[C@@H](c2ccc(F)cc2)C1. The van der Waals surface area contributed by atoms with Gasteiger partial charge in [0.15, 0.2) is 0 Å². The maximum atomic E-state index is 12.9. The van der Waals surface area contributed by atoms with E-state index in [0.717, 1.165) is 18.2 Å². The Morgan fingerprint density at radius 3 is 2.67 bits per heavy atom. The number of halogens is 1. The van der Waals surface area contributed by atoms with E-state index in [4.69, 9.17) is 0 Å². The zero-order valence-electron chi connectivity index (χ0n) is 11.9. The van der Waals surface area contributed by atoms with Crippen LogP contribution >= 0.6 is 0 Å². The highest BCUT2D eigenvalue weighted by Crippen LogP contribution is 2.27. The monoisotopic (exact) mass is 314 g/mol. The lowest BCUT2D eigenvalue weighted by molar-refractivity contribution is 0.209. The number of nitrogens with one attached hydrogen (secondary N) is 1. The second-order valence-electron chi connectivity index (χ2n) is 5.34. The van der Waals surface area contributed by atoms with Crippen molar-refractivity contribution >= 4 is 15.9 Å². The van der Waals surface area contributed by atoms with Gasteiger partial charge in [-0.3, -0.25) is 0 Å². The first-order valence-corrected chi connectivity index (χ1v) is 8.87. The van der Waals surface area contributed by atoms with Gasteiger partial charge in [-0.25, -0.2) is 17.6 Å². The van der Waals surface area contributed by atoms with Crippen molar-refractivity contribution in [2.45, 2.75) is 12.3 Å². The third-order valence-electron chi connectivity index (χ3n) is 3.57. The van der Waals surface area contributed by atoms with E-state index in [1.165, 1.54) is 12.1 Å². The average molecular weight is 314 g/mol. The van der Waals surface area contributed by atoms with E-state index in [1.807, 2.05) is 0 Å². The van der Waals surface area contributed by atoms with Crippen LogP contribution in [0.4, 0.5) is 9.18 Å². The van der Waals surface area contributed by atoms with Gasteiger partial charge in [0, 0.05) is 31.8 Å². The molecule has 1 fully saturated rings. The van der Waals surface area contributed by atoms with Crippen LogP contribution in [0.2, 0.25) is 0 Å². The smallest absolute Gasteiger partial charge is 0.317 e. The number of benzene rings is 1. The molecule has 0 bridgehead atoms. The van der Waals surface area contributed by atoms with Gasteiger partial charge in [-0.15, -0.1) is 0 Å². The fraction of sp³-hybridized carbons (Fsp3) is 0.500. The van der Waals surface area contributed by atoms with Crippen molar-refractivity contribution < 1.29 is 17.6 Å². The predicted molar refractivity (Wildman–Crippen MR) is 78.4 cm³/mol. The molecule has 0 unspecified atom stereocenters. The summed E-state index contributed by atoms with van der Waals surface area (Å²) in [6.45, 7) is 1.30. The first-order chi connectivity index (χ1) is 9.85. The molecule has 1 heterocycles. The molecule has 21 heavy (non-hydrogen) atoms. The van der Waals surface area contributed by atoms with Gasteiger partial charge in [0.05, 0.1) is 5.75 Å². The number of carbonyl (C=O) groups excluding carboxylic acids is 1. The Bertz CT molecular complexity index is 601. The normalized spacial score (nSPS) is 18.8. The number of rotatable bonds is 4. The Morgan fingerprint density at radius 2 is 2.05 bits per heavy atom. The number of hydrogen-bond acceptors (Lipinski definition) is 3. The fourth-order valence-corrected chi connectivity index (χ4v) is 2.88. The van der Waals surface area contributed by atoms with Crippen LogP contribution in [-0.2, 0) is 9.84 Å². The molecule has 1 aliphatic heterocycles. The second kappa shape index (κ2) is 6.43. The minimum atomic E-state index is -3.07. The Balaban J connectivity index is 1.84. The first kappa shape index (κ1) is 15.8. The van der Waals surface area contributed by atoms with Crippen LogP contribution in [0, 0.1) is 5.82 Å². The van der Waals surface area contributed by atoms with E-state index < -0.39 is 9.84 Å². The zero-order chi connectivity index (χ0) is 15.5. The summed E-state index contributed by atoms with van der Waals surface area (Å²) < 4.78 is 34.9. The molecular weight excluding hydrogens is 295 g/mol. The van der Waals surface area contributed by atoms with Crippen molar-refractivity contribution in [3.63, 3.8) is 0 Å². The second-order valence-corrected chi connectivity index (χ2v) is 7.60. The minimum absolute atomic E-state index is 0.0615. The molecule has 1 N–H and O–H groups in total. The van der Waals surface area contributed by atoms with Crippen LogP contribution in [0.5, 0.6) is 0 Å². The summed E-state index contributed by atoms with van der Waals surface area (Å²) in [6.07, 6.45) is 1.96. The molecule has 7 heteroatoms. The maximum absolute atomic E-state index is 12.9. The molecule has 1 aliphatic rings. The number of sulfone groups is 1. The lowest BCUT2D eigenvalue weighted by atomic mass is 9.99. The van der Waals surface area contributed by atoms with Gasteiger partial charge in [-0.1, -0.05) is 12.1 Å². The molecule has 0 spiro atoms. The number of hydrogen-bond donors (Lipinski definition) is 1. The van der Waals surface area contributed by atoms with Gasteiger partial charge >= 0.3 is 6.03 Å². The van der Waals surface area contributed by atoms with Crippen LogP contribution in [-0.4, -0.2) is 51.0 Å². The van der Waals surface area contributed by atoms with Crippen LogP contribution < -0.4 is 5.32 Å². The molecule has 5 nitrogen and oxygen atoms in total. The van der Waals surface area contributed by atoms with Crippen molar-refractivity contribution in [1.29, 1.82) is 0 Å². The molecule has 1 aromatic carbocycles. The molecular formula is C14H19FN2O3S. The predicted octanol–water partition coefficient (Wildman–Crippen LogP) is 1.37. The Kier molecular flexibility index (Phi) is 4.82. The lowest BCUT2D eigenvalue weighted by Gasteiger charge is -2.17. The van der Waals surface area contributed by atoms with E-state index >= 15 is 0 Å². The Morgan fingerprint density at radius 1 is 1.38 bits per heavy atom. The fourth-order valence-electron chi connectivity index (χ4n) is 2.41. The highest BCUT2D eigenvalue weighted by atomic mass is 32.2. The van der Waals surface area contributed by atoms with Crippen molar-refractivity contribution in [3.05, 3.63) is 35.6 Å². The average Bonchev–Trinajstić information content (AvgIpc) is 2.87. The Hall–Kier alpha value is -1.63. The summed E-state index contributed by atoms with van der Waals surface area (Å²) in [7, 11) is -3.07. The number of likely N-dealkylation sites (tertiary alicyclic amines) is 1. The molecule has 1 aromatic rings. The van der Waals surface area contributed by atoms with Gasteiger partial charge in [0.2, 0.25) is 0 Å². The van der Waals surface area contributed by atoms with Crippen LogP contribution in [0.3, 0.4) is 0 Å². The number of urea groups is 1. The molecule has 0 aromatic heterocycles. The van der Waals surface area contributed by atoms with Crippen LogP contribution in [0.25, 0.3) is 0 Å². The van der Waals surface area contributed by atoms with Crippen LogP contribution in [0.1, 0.15) is 17.9 Å². The standard InChI is InChI=1S/C14H19FN2O3S/c1-21(19,20)9-7-16-14(18)17-8-6-12(10-17)11-2-4-13(15)5-3-11/h2-5,12H,6-10H2,1H3,(H,16,18)/t12-/m1/s1. The van der Waals surface area contributed by atoms with Gasteiger partial charge in [0.25, 0.3) is 0 Å². The third kappa shape index (κ3) is 4.70. The maximum Gasteiger partial charge on any atom is 0.317 e. The topological polar surface area (TPSA) is 66.5 Å². The summed E-state index contributed by atoms with van der Waals surface area (Å²) in [6, 6.07) is 6.08. The van der Waals surface area contributed by atoms with Crippen LogP contribution in [0.15, 0.2) is 24.3 Å². The van der Waals surface area contributed by atoms with Gasteiger partial charge in [-0.05, 0) is 24.1 Å². The van der Waals surface area contributed by atoms with Gasteiger partial charge in [0.1, 0.15) is 15.7 Å². The molecule has 0 radical (unpaired) electrons. The first-order valence-electron chi connectivity index (χ1n) is 6.81. The molecule has 0 saturated carbocycles. The molecule has 1 atom stereocenters. The van der Waals surface area contributed by atoms with E-state index in [-0.39, 0.29) is 30.1 Å². The van der Waals surface area contributed by atoms with E-state index in [2.05, 4.69) is 5.32 Å². The molecule has 1 saturated heterocycles. The minimum Gasteiger partial charge on any atom is -0.337 e. The summed E-state index contributed by atoms with van der Waals surface area (Å²) in [5.74, 6) is -0.132. The van der Waals surface area contributed by atoms with Gasteiger partial charge < -0.3 is 10.2 Å². The van der Waals surface area contributed by atoms with Crippen molar-refractivity contribution in [2.75, 3.05) is 31.6 Å². The third-order valence-corrected chi connectivity index (χ3v) is 4.51. The Labute approximate surface area is 124 Å². The lowest BCUT2D eigenvalue weighted by Crippen LogP contribution is -2.40. The molecule has 2 amide bonds. The molecule has 0 aliphatic carbocycles. The van der Waals surface area contributed by atoms with Gasteiger partial charge in [-0.2, -0.15) is 0 Å². The van der Waals surface area contributed by atoms with Crippen molar-refractivity contribution in [3.8, 4) is 0 Å². The van der Waals surface area contributed by atoms with E-state index in [9.17, 15) is 17.6 Å². The largest absolute Gasteiger partial charge is 0.337 e. The number of amides is 2. The van der Waals surface area contributed by atoms with E-state index in [1.54, 1.807) is 17.0 Å².